The Labute approximate surface area is 124 Å². The quantitative estimate of drug-likeness (QED) is 0.793. The molecule has 110 valence electrons. The molecule has 0 radical (unpaired) electrons. The highest BCUT2D eigenvalue weighted by Gasteiger charge is 2.14. The zero-order chi connectivity index (χ0) is 14.7. The second-order valence-corrected chi connectivity index (χ2v) is 5.45. The molecule has 0 amide bonds. The van der Waals surface area contributed by atoms with Gasteiger partial charge in [0.15, 0.2) is 0 Å². The number of ether oxygens (including phenoxy) is 1. The lowest BCUT2D eigenvalue weighted by Gasteiger charge is -2.23. The van der Waals surface area contributed by atoms with Crippen molar-refractivity contribution in [1.29, 1.82) is 0 Å². The Morgan fingerprint density at radius 2 is 1.90 bits per heavy atom. The van der Waals surface area contributed by atoms with Gasteiger partial charge in [0.1, 0.15) is 0 Å². The molecule has 3 rings (SSSR count). The van der Waals surface area contributed by atoms with Crippen molar-refractivity contribution < 1.29 is 9.53 Å². The zero-order valence-electron chi connectivity index (χ0n) is 12.3. The lowest BCUT2D eigenvalue weighted by atomic mass is 10.1. The van der Waals surface area contributed by atoms with Crippen LogP contribution in [0.5, 0.6) is 0 Å². The largest absolute Gasteiger partial charge is 0.465 e. The van der Waals surface area contributed by atoms with Crippen LogP contribution in [0, 0.1) is 0 Å². The van der Waals surface area contributed by atoms with Crippen molar-refractivity contribution in [2.45, 2.75) is 25.7 Å². The fourth-order valence-corrected chi connectivity index (χ4v) is 2.95. The Hall–Kier alpha value is -2.10. The summed E-state index contributed by atoms with van der Waals surface area (Å²) >= 11 is 0. The molecule has 0 saturated carbocycles. The summed E-state index contributed by atoms with van der Waals surface area (Å²) in [6.45, 7) is 2.17. The van der Waals surface area contributed by atoms with Crippen molar-refractivity contribution in [3.63, 3.8) is 0 Å². The van der Waals surface area contributed by atoms with Gasteiger partial charge < -0.3 is 9.64 Å². The van der Waals surface area contributed by atoms with Crippen molar-refractivity contribution in [1.82, 2.24) is 4.98 Å². The van der Waals surface area contributed by atoms with Crippen molar-refractivity contribution in [3.05, 3.63) is 36.0 Å². The molecule has 0 aliphatic carbocycles. The fourth-order valence-electron chi connectivity index (χ4n) is 2.95. The highest BCUT2D eigenvalue weighted by molar-refractivity contribution is 6.04. The monoisotopic (exact) mass is 284 g/mol. The van der Waals surface area contributed by atoms with Crippen molar-refractivity contribution in [2.24, 2.45) is 0 Å². The molecule has 1 aliphatic rings. The fraction of sp³-hybridized carbons (Fsp3) is 0.412. The van der Waals surface area contributed by atoms with Gasteiger partial charge in [-0.05, 0) is 37.1 Å². The molecular formula is C17H20N2O2. The van der Waals surface area contributed by atoms with Crippen molar-refractivity contribution in [2.75, 3.05) is 25.1 Å². The van der Waals surface area contributed by atoms with Gasteiger partial charge in [0.05, 0.1) is 18.2 Å². The van der Waals surface area contributed by atoms with E-state index in [2.05, 4.69) is 22.0 Å². The van der Waals surface area contributed by atoms with Crippen LogP contribution in [-0.2, 0) is 4.74 Å². The molecule has 1 aliphatic heterocycles. The molecule has 0 spiro atoms. The number of rotatable bonds is 2. The maximum Gasteiger partial charge on any atom is 0.338 e. The van der Waals surface area contributed by atoms with Crippen LogP contribution in [0.1, 0.15) is 36.0 Å². The lowest BCUT2D eigenvalue weighted by molar-refractivity contribution is 0.0603. The van der Waals surface area contributed by atoms with Crippen LogP contribution >= 0.6 is 0 Å². The molecule has 2 aromatic rings. The van der Waals surface area contributed by atoms with E-state index in [0.717, 1.165) is 24.0 Å². The molecule has 0 N–H and O–H groups in total. The van der Waals surface area contributed by atoms with Gasteiger partial charge in [0.2, 0.25) is 0 Å². The summed E-state index contributed by atoms with van der Waals surface area (Å²) in [7, 11) is 1.41. The molecule has 1 saturated heterocycles. The first-order valence-electron chi connectivity index (χ1n) is 7.51. The van der Waals surface area contributed by atoms with Crippen LogP contribution in [0.4, 0.5) is 5.69 Å². The van der Waals surface area contributed by atoms with E-state index in [4.69, 9.17) is 4.74 Å². The number of fused-ring (bicyclic) bond motifs is 1. The third-order valence-corrected chi connectivity index (χ3v) is 4.10. The number of carbonyl (C=O) groups is 1. The van der Waals surface area contributed by atoms with Gasteiger partial charge >= 0.3 is 5.97 Å². The second kappa shape index (κ2) is 6.12. The molecule has 1 aromatic carbocycles. The normalized spacial score (nSPS) is 15.8. The smallest absolute Gasteiger partial charge is 0.338 e. The van der Waals surface area contributed by atoms with Crippen LogP contribution in [0.3, 0.4) is 0 Å². The van der Waals surface area contributed by atoms with E-state index in [9.17, 15) is 4.79 Å². The number of anilines is 1. The van der Waals surface area contributed by atoms with Crippen molar-refractivity contribution >= 4 is 22.6 Å². The summed E-state index contributed by atoms with van der Waals surface area (Å²) in [5, 5.41) is 0.867. The summed E-state index contributed by atoms with van der Waals surface area (Å²) < 4.78 is 4.87. The Kier molecular flexibility index (Phi) is 4.04. The van der Waals surface area contributed by atoms with Gasteiger partial charge in [0.25, 0.3) is 0 Å². The molecular weight excluding hydrogens is 264 g/mol. The van der Waals surface area contributed by atoms with Crippen molar-refractivity contribution in [3.8, 4) is 0 Å². The van der Waals surface area contributed by atoms with E-state index in [1.54, 1.807) is 12.3 Å². The van der Waals surface area contributed by atoms with E-state index in [1.807, 2.05) is 6.07 Å². The highest BCUT2D eigenvalue weighted by atomic mass is 16.5. The SMILES string of the molecule is COC(=O)c1ccnc2ccc(N3CCCCCC3)cc12. The van der Waals surface area contributed by atoms with Crippen LogP contribution in [0.25, 0.3) is 10.9 Å². The van der Waals surface area contributed by atoms with Gasteiger partial charge in [-0.1, -0.05) is 12.8 Å². The number of carbonyl (C=O) groups excluding carboxylic acids is 1. The number of benzene rings is 1. The number of pyridine rings is 1. The third-order valence-electron chi connectivity index (χ3n) is 4.10. The Balaban J connectivity index is 2.03. The van der Waals surface area contributed by atoms with E-state index in [1.165, 1.54) is 38.5 Å². The van der Waals surface area contributed by atoms with Gasteiger partial charge in [-0.15, -0.1) is 0 Å². The lowest BCUT2D eigenvalue weighted by Crippen LogP contribution is -2.23. The molecule has 2 heterocycles. The topological polar surface area (TPSA) is 42.4 Å². The molecule has 1 aromatic heterocycles. The van der Waals surface area contributed by atoms with Crippen LogP contribution in [0.2, 0.25) is 0 Å². The predicted molar refractivity (Wildman–Crippen MR) is 83.8 cm³/mol. The van der Waals surface area contributed by atoms with E-state index < -0.39 is 0 Å². The van der Waals surface area contributed by atoms with Gasteiger partial charge in [-0.2, -0.15) is 0 Å². The number of hydrogen-bond donors (Lipinski definition) is 0. The van der Waals surface area contributed by atoms with Gasteiger partial charge in [-0.3, -0.25) is 4.98 Å². The maximum atomic E-state index is 11.9. The average molecular weight is 284 g/mol. The summed E-state index contributed by atoms with van der Waals surface area (Å²) in [4.78, 5) is 18.6. The molecule has 4 heteroatoms. The minimum absolute atomic E-state index is 0.310. The summed E-state index contributed by atoms with van der Waals surface area (Å²) in [5.74, 6) is -0.310. The number of hydrogen-bond acceptors (Lipinski definition) is 4. The number of nitrogens with zero attached hydrogens (tertiary/aromatic N) is 2. The van der Waals surface area contributed by atoms with E-state index >= 15 is 0 Å². The summed E-state index contributed by atoms with van der Waals surface area (Å²) in [5.41, 5.74) is 2.58. The van der Waals surface area contributed by atoms with Gasteiger partial charge in [0, 0.05) is 30.4 Å². The number of esters is 1. The van der Waals surface area contributed by atoms with E-state index in [-0.39, 0.29) is 5.97 Å². The molecule has 0 atom stereocenters. The second-order valence-electron chi connectivity index (χ2n) is 5.45. The van der Waals surface area contributed by atoms with Crippen LogP contribution in [0.15, 0.2) is 30.5 Å². The van der Waals surface area contributed by atoms with Gasteiger partial charge in [-0.25, -0.2) is 4.79 Å². The standard InChI is InChI=1S/C17H20N2O2/c1-21-17(20)14-8-9-18-16-7-6-13(12-15(14)16)19-10-4-2-3-5-11-19/h6-9,12H,2-5,10-11H2,1H3. The van der Waals surface area contributed by atoms with E-state index in [0.29, 0.717) is 5.56 Å². The van der Waals surface area contributed by atoms with Crippen LogP contribution < -0.4 is 4.90 Å². The Morgan fingerprint density at radius 1 is 1.14 bits per heavy atom. The molecule has 4 nitrogen and oxygen atoms in total. The number of aromatic nitrogens is 1. The molecule has 1 fully saturated rings. The minimum Gasteiger partial charge on any atom is -0.465 e. The number of methoxy groups -OCH3 is 1. The first kappa shape index (κ1) is 13.9. The Morgan fingerprint density at radius 3 is 2.62 bits per heavy atom. The minimum atomic E-state index is -0.310. The van der Waals surface area contributed by atoms with Crippen LogP contribution in [-0.4, -0.2) is 31.2 Å². The first-order chi connectivity index (χ1) is 10.3. The summed E-state index contributed by atoms with van der Waals surface area (Å²) in [6, 6.07) is 7.88. The third kappa shape index (κ3) is 2.84. The first-order valence-corrected chi connectivity index (χ1v) is 7.51. The molecule has 0 unspecified atom stereocenters. The average Bonchev–Trinajstić information content (AvgIpc) is 2.82. The highest BCUT2D eigenvalue weighted by Crippen LogP contribution is 2.26. The Bertz CT molecular complexity index is 646. The summed E-state index contributed by atoms with van der Waals surface area (Å²) in [6.07, 6.45) is 6.72. The molecule has 21 heavy (non-hydrogen) atoms. The maximum absolute atomic E-state index is 11.9. The predicted octanol–water partition coefficient (Wildman–Crippen LogP) is 3.40. The molecule has 0 bridgehead atoms. The zero-order valence-corrected chi connectivity index (χ0v) is 12.3.